The number of rotatable bonds is 3. The molecule has 1 aromatic heterocycles. The summed E-state index contributed by atoms with van der Waals surface area (Å²) in [5.74, 6) is -0.647. The second kappa shape index (κ2) is 5.36. The van der Waals surface area contributed by atoms with Crippen molar-refractivity contribution in [1.29, 1.82) is 0 Å². The molecular weight excluding hydrogens is 262 g/mol. The Morgan fingerprint density at radius 2 is 2.17 bits per heavy atom. The average Bonchev–Trinajstić information content (AvgIpc) is 2.34. The predicted octanol–water partition coefficient (Wildman–Crippen LogP) is -0.113. The number of carboxylic acid groups (broad SMARTS) is 1. The number of aliphatic carboxylic acids is 1. The van der Waals surface area contributed by atoms with Gasteiger partial charge in [-0.05, 0) is 0 Å². The number of nitrogens with one attached hydrogen (secondary N) is 1. The van der Waals surface area contributed by atoms with Gasteiger partial charge < -0.3 is 19.7 Å². The van der Waals surface area contributed by atoms with Crippen LogP contribution in [0.1, 0.15) is 5.82 Å². The molecule has 7 nitrogen and oxygen atoms in total. The van der Waals surface area contributed by atoms with Crippen molar-refractivity contribution in [3.63, 3.8) is 0 Å². The Hall–Kier alpha value is -1.60. The lowest BCUT2D eigenvalue weighted by Gasteiger charge is -2.28. The number of carbonyl (C=O) groups is 1. The molecule has 2 rings (SSSR count). The van der Waals surface area contributed by atoms with Gasteiger partial charge in [-0.2, -0.15) is 0 Å². The van der Waals surface area contributed by atoms with E-state index in [1.54, 1.807) is 0 Å². The maximum atomic E-state index is 11.6. The molecule has 0 radical (unpaired) electrons. The van der Waals surface area contributed by atoms with Crippen LogP contribution in [0.3, 0.4) is 0 Å². The normalized spacial score (nSPS) is 15.7. The first-order valence-corrected chi connectivity index (χ1v) is 5.79. The Morgan fingerprint density at radius 1 is 1.50 bits per heavy atom. The maximum Gasteiger partial charge on any atom is 0.311 e. The molecular formula is C10H12ClN3O4. The Bertz CT molecular complexity index is 510. The van der Waals surface area contributed by atoms with E-state index in [-0.39, 0.29) is 17.3 Å². The number of H-pyrrole nitrogens is 1. The van der Waals surface area contributed by atoms with Crippen molar-refractivity contribution in [2.24, 2.45) is 0 Å². The van der Waals surface area contributed by atoms with Crippen molar-refractivity contribution in [2.45, 2.75) is 6.42 Å². The SMILES string of the molecule is O=C(O)Cc1nc(N2CCOCC2)c(Cl)c(=O)[nH]1. The van der Waals surface area contributed by atoms with Crippen LogP contribution < -0.4 is 10.5 Å². The lowest BCUT2D eigenvalue weighted by atomic mass is 10.3. The minimum Gasteiger partial charge on any atom is -0.481 e. The molecule has 98 valence electrons. The standard InChI is InChI=1S/C10H12ClN3O4/c11-8-9(14-1-3-18-4-2-14)12-6(5-7(15)16)13-10(8)17/h1-5H2,(H,15,16)(H,12,13,17). The first-order chi connectivity index (χ1) is 8.58. The van der Waals surface area contributed by atoms with Crippen LogP contribution in [0.4, 0.5) is 5.82 Å². The Balaban J connectivity index is 2.35. The van der Waals surface area contributed by atoms with Crippen molar-refractivity contribution < 1.29 is 14.6 Å². The highest BCUT2D eigenvalue weighted by Crippen LogP contribution is 2.20. The highest BCUT2D eigenvalue weighted by molar-refractivity contribution is 6.32. The molecule has 1 aliphatic heterocycles. The molecule has 2 N–H and O–H groups in total. The van der Waals surface area contributed by atoms with Crippen LogP contribution >= 0.6 is 11.6 Å². The van der Waals surface area contributed by atoms with E-state index in [2.05, 4.69) is 9.97 Å². The van der Waals surface area contributed by atoms with Gasteiger partial charge in [-0.1, -0.05) is 11.6 Å². The third-order valence-corrected chi connectivity index (χ3v) is 2.86. The molecule has 0 bridgehead atoms. The average molecular weight is 274 g/mol. The zero-order chi connectivity index (χ0) is 13.1. The summed E-state index contributed by atoms with van der Waals surface area (Å²) in [7, 11) is 0. The van der Waals surface area contributed by atoms with Gasteiger partial charge in [-0.25, -0.2) is 4.98 Å². The molecule has 0 aliphatic carbocycles. The molecule has 0 atom stereocenters. The van der Waals surface area contributed by atoms with E-state index < -0.39 is 11.5 Å². The topological polar surface area (TPSA) is 95.5 Å². The van der Waals surface area contributed by atoms with Gasteiger partial charge in [-0.3, -0.25) is 9.59 Å². The van der Waals surface area contributed by atoms with Gasteiger partial charge in [-0.15, -0.1) is 0 Å². The van der Waals surface area contributed by atoms with Gasteiger partial charge in [0.2, 0.25) is 0 Å². The lowest BCUT2D eigenvalue weighted by molar-refractivity contribution is -0.136. The van der Waals surface area contributed by atoms with Crippen molar-refractivity contribution in [1.82, 2.24) is 9.97 Å². The molecule has 0 unspecified atom stereocenters. The number of nitrogens with zero attached hydrogens (tertiary/aromatic N) is 2. The Morgan fingerprint density at radius 3 is 2.78 bits per heavy atom. The summed E-state index contributed by atoms with van der Waals surface area (Å²) in [6, 6.07) is 0. The first-order valence-electron chi connectivity index (χ1n) is 5.41. The number of halogens is 1. The van der Waals surface area contributed by atoms with Crippen molar-refractivity contribution >= 4 is 23.4 Å². The monoisotopic (exact) mass is 273 g/mol. The second-order valence-corrected chi connectivity index (χ2v) is 4.20. The van der Waals surface area contributed by atoms with Crippen LogP contribution in [-0.2, 0) is 16.0 Å². The minimum absolute atomic E-state index is 0.0222. The number of aromatic nitrogens is 2. The Kier molecular flexibility index (Phi) is 3.83. The van der Waals surface area contributed by atoms with E-state index in [0.717, 1.165) is 0 Å². The summed E-state index contributed by atoms with van der Waals surface area (Å²) < 4.78 is 5.19. The summed E-state index contributed by atoms with van der Waals surface area (Å²) in [5, 5.41) is 8.68. The van der Waals surface area contributed by atoms with Gasteiger partial charge in [0.05, 0.1) is 13.2 Å². The molecule has 1 fully saturated rings. The van der Waals surface area contributed by atoms with E-state index in [9.17, 15) is 9.59 Å². The minimum atomic E-state index is -1.06. The van der Waals surface area contributed by atoms with Crippen molar-refractivity contribution in [3.8, 4) is 0 Å². The molecule has 2 heterocycles. The van der Waals surface area contributed by atoms with Gasteiger partial charge in [0.15, 0.2) is 5.82 Å². The van der Waals surface area contributed by atoms with Gasteiger partial charge in [0.1, 0.15) is 17.3 Å². The quantitative estimate of drug-likeness (QED) is 0.798. The number of hydrogen-bond donors (Lipinski definition) is 2. The van der Waals surface area contributed by atoms with E-state index >= 15 is 0 Å². The number of aromatic amines is 1. The molecule has 0 saturated carbocycles. The second-order valence-electron chi connectivity index (χ2n) is 3.82. The van der Waals surface area contributed by atoms with E-state index in [1.165, 1.54) is 0 Å². The summed E-state index contributed by atoms with van der Waals surface area (Å²) >= 11 is 5.90. The third kappa shape index (κ3) is 2.80. The zero-order valence-electron chi connectivity index (χ0n) is 9.48. The lowest BCUT2D eigenvalue weighted by Crippen LogP contribution is -2.38. The fourth-order valence-corrected chi connectivity index (χ4v) is 1.91. The fraction of sp³-hybridized carbons (Fsp3) is 0.500. The van der Waals surface area contributed by atoms with Crippen molar-refractivity contribution in [2.75, 3.05) is 31.2 Å². The van der Waals surface area contributed by atoms with Crippen LogP contribution in [0, 0.1) is 0 Å². The smallest absolute Gasteiger partial charge is 0.311 e. The molecule has 0 spiro atoms. The molecule has 0 amide bonds. The first kappa shape index (κ1) is 12.8. The third-order valence-electron chi connectivity index (χ3n) is 2.52. The number of hydrogen-bond acceptors (Lipinski definition) is 5. The largest absolute Gasteiger partial charge is 0.481 e. The Labute approximate surface area is 107 Å². The van der Waals surface area contributed by atoms with Crippen LogP contribution in [0.5, 0.6) is 0 Å². The molecule has 1 aromatic rings. The predicted molar refractivity (Wildman–Crippen MR) is 64.2 cm³/mol. The zero-order valence-corrected chi connectivity index (χ0v) is 10.2. The summed E-state index contributed by atoms with van der Waals surface area (Å²) in [6.45, 7) is 2.20. The van der Waals surface area contributed by atoms with Crippen LogP contribution in [-0.4, -0.2) is 47.3 Å². The van der Waals surface area contributed by atoms with E-state index in [1.807, 2.05) is 4.90 Å². The number of anilines is 1. The van der Waals surface area contributed by atoms with Crippen LogP contribution in [0.25, 0.3) is 0 Å². The summed E-state index contributed by atoms with van der Waals surface area (Å²) in [4.78, 5) is 30.5. The van der Waals surface area contributed by atoms with Gasteiger partial charge >= 0.3 is 5.97 Å². The number of carboxylic acids is 1. The van der Waals surface area contributed by atoms with E-state index in [4.69, 9.17) is 21.4 Å². The molecule has 1 saturated heterocycles. The number of ether oxygens (including phenoxy) is 1. The molecule has 0 aromatic carbocycles. The van der Waals surface area contributed by atoms with Gasteiger partial charge in [0, 0.05) is 13.1 Å². The highest BCUT2D eigenvalue weighted by Gasteiger charge is 2.19. The van der Waals surface area contributed by atoms with Gasteiger partial charge in [0.25, 0.3) is 5.56 Å². The van der Waals surface area contributed by atoms with Crippen LogP contribution in [0.2, 0.25) is 5.02 Å². The maximum absolute atomic E-state index is 11.6. The van der Waals surface area contributed by atoms with Crippen LogP contribution in [0.15, 0.2) is 4.79 Å². The fourth-order valence-electron chi connectivity index (χ4n) is 1.70. The molecule has 1 aliphatic rings. The summed E-state index contributed by atoms with van der Waals surface area (Å²) in [5.41, 5.74) is -0.524. The van der Waals surface area contributed by atoms with E-state index in [0.29, 0.717) is 32.1 Å². The molecule has 18 heavy (non-hydrogen) atoms. The summed E-state index contributed by atoms with van der Waals surface area (Å²) in [6.07, 6.45) is -0.344. The highest BCUT2D eigenvalue weighted by atomic mass is 35.5. The number of morpholine rings is 1. The molecule has 8 heteroatoms. The van der Waals surface area contributed by atoms with Crippen molar-refractivity contribution in [3.05, 3.63) is 21.2 Å².